The van der Waals surface area contributed by atoms with Crippen molar-refractivity contribution in [2.24, 2.45) is 5.92 Å². The predicted molar refractivity (Wildman–Crippen MR) is 69.8 cm³/mol. The largest absolute Gasteiger partial charge is 0.477 e. The number of rotatable bonds is 4. The Morgan fingerprint density at radius 2 is 2.26 bits per heavy atom. The maximum absolute atomic E-state index is 12.3. The van der Waals surface area contributed by atoms with Gasteiger partial charge in [-0.05, 0) is 24.8 Å². The van der Waals surface area contributed by atoms with Gasteiger partial charge in [0.2, 0.25) is 10.0 Å². The van der Waals surface area contributed by atoms with E-state index in [1.54, 1.807) is 0 Å². The lowest BCUT2D eigenvalue weighted by atomic mass is 10.0. The van der Waals surface area contributed by atoms with Crippen molar-refractivity contribution in [2.45, 2.75) is 17.7 Å². The van der Waals surface area contributed by atoms with Crippen LogP contribution in [0.5, 0.6) is 0 Å². The molecule has 2 heterocycles. The summed E-state index contributed by atoms with van der Waals surface area (Å²) in [7, 11) is -3.65. The molecule has 0 radical (unpaired) electrons. The molecule has 2 N–H and O–H groups in total. The third-order valence-electron chi connectivity index (χ3n) is 3.16. The zero-order chi connectivity index (χ0) is 14.0. The van der Waals surface area contributed by atoms with Crippen LogP contribution in [-0.4, -0.2) is 48.6 Å². The highest BCUT2D eigenvalue weighted by Crippen LogP contribution is 2.26. The standard InChI is InChI=1S/C11H15NO5S2/c13-6-8-2-1-3-12(5-8)19(16,17)9-4-10(11(14)15)18-7-9/h4,7-8,13H,1-3,5-6H2,(H,14,15). The fraction of sp³-hybridized carbons (Fsp3) is 0.545. The number of aliphatic hydroxyl groups is 1. The fourth-order valence-electron chi connectivity index (χ4n) is 2.11. The Bertz CT molecular complexity index is 565. The lowest BCUT2D eigenvalue weighted by molar-refractivity contribution is 0.0702. The minimum atomic E-state index is -3.65. The van der Waals surface area contributed by atoms with Gasteiger partial charge in [0.1, 0.15) is 4.88 Å². The van der Waals surface area contributed by atoms with Gasteiger partial charge in [-0.3, -0.25) is 0 Å². The Kier molecular flexibility index (Phi) is 4.24. The van der Waals surface area contributed by atoms with E-state index in [1.807, 2.05) is 0 Å². The summed E-state index contributed by atoms with van der Waals surface area (Å²) in [5.41, 5.74) is 0. The van der Waals surface area contributed by atoms with Gasteiger partial charge in [0, 0.05) is 25.1 Å². The topological polar surface area (TPSA) is 94.9 Å². The van der Waals surface area contributed by atoms with Gasteiger partial charge in [-0.2, -0.15) is 4.31 Å². The zero-order valence-electron chi connectivity index (χ0n) is 10.2. The number of sulfonamides is 1. The second-order valence-electron chi connectivity index (χ2n) is 4.51. The normalized spacial score (nSPS) is 21.4. The van der Waals surface area contributed by atoms with E-state index in [4.69, 9.17) is 10.2 Å². The molecule has 1 aromatic heterocycles. The molecule has 19 heavy (non-hydrogen) atoms. The van der Waals surface area contributed by atoms with E-state index in [2.05, 4.69) is 0 Å². The second-order valence-corrected chi connectivity index (χ2v) is 7.35. The van der Waals surface area contributed by atoms with E-state index in [1.165, 1.54) is 15.8 Å². The van der Waals surface area contributed by atoms with Gasteiger partial charge in [-0.25, -0.2) is 13.2 Å². The van der Waals surface area contributed by atoms with Gasteiger partial charge in [0.15, 0.2) is 0 Å². The molecule has 1 aliphatic rings. The first-order valence-electron chi connectivity index (χ1n) is 5.88. The molecule has 0 amide bonds. The maximum Gasteiger partial charge on any atom is 0.345 e. The van der Waals surface area contributed by atoms with Crippen LogP contribution in [0, 0.1) is 5.92 Å². The molecule has 1 aliphatic heterocycles. The predicted octanol–water partition coefficient (Wildman–Crippen LogP) is 0.839. The van der Waals surface area contributed by atoms with Crippen molar-refractivity contribution in [1.82, 2.24) is 4.31 Å². The van der Waals surface area contributed by atoms with Crippen LogP contribution in [0.15, 0.2) is 16.3 Å². The highest BCUT2D eigenvalue weighted by molar-refractivity contribution is 7.89. The molecule has 6 nitrogen and oxygen atoms in total. The number of carboxylic acid groups (broad SMARTS) is 1. The smallest absolute Gasteiger partial charge is 0.345 e. The van der Waals surface area contributed by atoms with Gasteiger partial charge in [0.05, 0.1) is 4.90 Å². The average Bonchev–Trinajstić information content (AvgIpc) is 2.89. The summed E-state index contributed by atoms with van der Waals surface area (Å²) < 4.78 is 26.0. The van der Waals surface area contributed by atoms with E-state index in [0.29, 0.717) is 13.0 Å². The van der Waals surface area contributed by atoms with Crippen LogP contribution in [0.25, 0.3) is 0 Å². The average molecular weight is 305 g/mol. The molecular weight excluding hydrogens is 290 g/mol. The highest BCUT2D eigenvalue weighted by atomic mass is 32.2. The summed E-state index contributed by atoms with van der Waals surface area (Å²) in [5.74, 6) is -1.17. The lowest BCUT2D eigenvalue weighted by Crippen LogP contribution is -2.40. The van der Waals surface area contributed by atoms with Crippen LogP contribution in [0.2, 0.25) is 0 Å². The monoisotopic (exact) mass is 305 g/mol. The third-order valence-corrected chi connectivity index (χ3v) is 6.07. The summed E-state index contributed by atoms with van der Waals surface area (Å²) >= 11 is 0.900. The molecule has 0 spiro atoms. The molecule has 1 fully saturated rings. The number of piperidine rings is 1. The minimum absolute atomic E-state index is 0.00860. The van der Waals surface area contributed by atoms with Gasteiger partial charge >= 0.3 is 5.97 Å². The van der Waals surface area contributed by atoms with Crippen molar-refractivity contribution < 1.29 is 23.4 Å². The van der Waals surface area contributed by atoms with E-state index >= 15 is 0 Å². The van der Waals surface area contributed by atoms with Crippen molar-refractivity contribution in [2.75, 3.05) is 19.7 Å². The van der Waals surface area contributed by atoms with E-state index in [-0.39, 0.29) is 28.8 Å². The number of hydrogen-bond donors (Lipinski definition) is 2. The number of hydrogen-bond acceptors (Lipinski definition) is 5. The van der Waals surface area contributed by atoms with Crippen LogP contribution < -0.4 is 0 Å². The van der Waals surface area contributed by atoms with Crippen molar-refractivity contribution >= 4 is 27.3 Å². The fourth-order valence-corrected chi connectivity index (χ4v) is 4.76. The molecule has 0 aromatic carbocycles. The minimum Gasteiger partial charge on any atom is -0.477 e. The Morgan fingerprint density at radius 1 is 1.53 bits per heavy atom. The van der Waals surface area contributed by atoms with Gasteiger partial charge in [0.25, 0.3) is 0 Å². The Morgan fingerprint density at radius 3 is 2.84 bits per heavy atom. The van der Waals surface area contributed by atoms with Crippen LogP contribution in [0.3, 0.4) is 0 Å². The molecule has 8 heteroatoms. The highest BCUT2D eigenvalue weighted by Gasteiger charge is 2.31. The second kappa shape index (κ2) is 5.58. The molecule has 1 unspecified atom stereocenters. The quantitative estimate of drug-likeness (QED) is 0.859. The summed E-state index contributed by atoms with van der Waals surface area (Å²) in [5, 5.41) is 19.3. The molecule has 1 aromatic rings. The molecular formula is C11H15NO5S2. The van der Waals surface area contributed by atoms with Crippen LogP contribution in [-0.2, 0) is 10.0 Å². The summed E-state index contributed by atoms with van der Waals surface area (Å²) in [6.45, 7) is 0.671. The van der Waals surface area contributed by atoms with Gasteiger partial charge in [-0.15, -0.1) is 11.3 Å². The van der Waals surface area contributed by atoms with Crippen molar-refractivity contribution in [3.8, 4) is 0 Å². The number of carboxylic acids is 1. The number of aliphatic hydroxyl groups excluding tert-OH is 1. The molecule has 1 saturated heterocycles. The SMILES string of the molecule is O=C(O)c1cc(S(=O)(=O)N2CCCC(CO)C2)cs1. The molecule has 2 rings (SSSR count). The van der Waals surface area contributed by atoms with E-state index in [0.717, 1.165) is 17.8 Å². The van der Waals surface area contributed by atoms with Crippen LogP contribution in [0.1, 0.15) is 22.5 Å². The number of carbonyl (C=O) groups is 1. The summed E-state index contributed by atoms with van der Waals surface area (Å²) in [6.07, 6.45) is 1.52. The van der Waals surface area contributed by atoms with Crippen LogP contribution >= 0.6 is 11.3 Å². The number of thiophene rings is 1. The maximum atomic E-state index is 12.3. The number of aromatic carboxylic acids is 1. The van der Waals surface area contributed by atoms with Crippen LogP contribution in [0.4, 0.5) is 0 Å². The third kappa shape index (κ3) is 2.97. The summed E-state index contributed by atoms with van der Waals surface area (Å²) in [6, 6.07) is 1.19. The first-order chi connectivity index (χ1) is 8.95. The molecule has 106 valence electrons. The van der Waals surface area contributed by atoms with Gasteiger partial charge in [-0.1, -0.05) is 0 Å². The first kappa shape index (κ1) is 14.4. The van der Waals surface area contributed by atoms with Gasteiger partial charge < -0.3 is 10.2 Å². The zero-order valence-corrected chi connectivity index (χ0v) is 11.8. The summed E-state index contributed by atoms with van der Waals surface area (Å²) in [4.78, 5) is 10.8. The van der Waals surface area contributed by atoms with Crippen molar-refractivity contribution in [1.29, 1.82) is 0 Å². The lowest BCUT2D eigenvalue weighted by Gasteiger charge is -2.30. The molecule has 1 atom stereocenters. The Labute approximate surface area is 115 Å². The Hall–Kier alpha value is -0.960. The van der Waals surface area contributed by atoms with E-state index < -0.39 is 16.0 Å². The molecule has 0 saturated carbocycles. The Balaban J connectivity index is 2.23. The van der Waals surface area contributed by atoms with Crippen molar-refractivity contribution in [3.63, 3.8) is 0 Å². The van der Waals surface area contributed by atoms with E-state index in [9.17, 15) is 13.2 Å². The first-order valence-corrected chi connectivity index (χ1v) is 8.20. The number of nitrogens with zero attached hydrogens (tertiary/aromatic N) is 1. The molecule has 0 aliphatic carbocycles. The van der Waals surface area contributed by atoms with Crippen molar-refractivity contribution in [3.05, 3.63) is 16.3 Å². The molecule has 0 bridgehead atoms.